The van der Waals surface area contributed by atoms with Gasteiger partial charge in [0.15, 0.2) is 5.11 Å². The lowest BCUT2D eigenvalue weighted by atomic mass is 9.96. The molecule has 0 saturated carbocycles. The van der Waals surface area contributed by atoms with Gasteiger partial charge in [-0.1, -0.05) is 13.0 Å². The normalized spacial score (nSPS) is 17.8. The molecule has 1 aromatic carbocycles. The fraction of sp³-hybridized carbons (Fsp3) is 0.333. The third kappa shape index (κ3) is 4.04. The predicted octanol–water partition coefficient (Wildman–Crippen LogP) is 4.79. The minimum Gasteiger partial charge on any atom is -0.495 e. The Hall–Kier alpha value is -3.46. The number of nitro groups is 1. The lowest BCUT2D eigenvalue weighted by molar-refractivity contribution is -0.384. The highest BCUT2D eigenvalue weighted by atomic mass is 32.1. The highest BCUT2D eigenvalue weighted by molar-refractivity contribution is 7.80. The highest BCUT2D eigenvalue weighted by Gasteiger charge is 2.41. The van der Waals surface area contributed by atoms with Gasteiger partial charge in [-0.05, 0) is 62.3 Å². The Balaban J connectivity index is 1.88. The van der Waals surface area contributed by atoms with Crippen LogP contribution in [-0.4, -0.2) is 38.1 Å². The number of nitrogens with zero attached hydrogens (tertiary/aromatic N) is 4. The monoisotopic (exact) mass is 465 g/mol. The second-order valence-electron chi connectivity index (χ2n) is 8.10. The number of hydrogen-bond acceptors (Lipinski definition) is 5. The Morgan fingerprint density at radius 3 is 2.67 bits per heavy atom. The molecule has 1 aliphatic rings. The van der Waals surface area contributed by atoms with Crippen LogP contribution in [0.25, 0.3) is 5.69 Å². The van der Waals surface area contributed by atoms with Crippen LogP contribution in [0.5, 0.6) is 5.75 Å². The smallest absolute Gasteiger partial charge is 0.271 e. The van der Waals surface area contributed by atoms with Crippen LogP contribution in [0.15, 0.2) is 48.7 Å². The van der Waals surface area contributed by atoms with E-state index in [0.29, 0.717) is 16.5 Å². The van der Waals surface area contributed by atoms with Crippen molar-refractivity contribution in [2.45, 2.75) is 39.3 Å². The van der Waals surface area contributed by atoms with E-state index in [1.807, 2.05) is 36.6 Å². The van der Waals surface area contributed by atoms with Crippen LogP contribution in [0.2, 0.25) is 0 Å². The molecule has 8 nitrogen and oxygen atoms in total. The van der Waals surface area contributed by atoms with E-state index in [0.717, 1.165) is 35.6 Å². The summed E-state index contributed by atoms with van der Waals surface area (Å²) < 4.78 is 7.57. The first kappa shape index (κ1) is 22.7. The Labute approximate surface area is 198 Å². The maximum absolute atomic E-state index is 11.4. The summed E-state index contributed by atoms with van der Waals surface area (Å²) in [5, 5.41) is 15.6. The maximum Gasteiger partial charge on any atom is 0.271 e. The summed E-state index contributed by atoms with van der Waals surface area (Å²) in [5.41, 5.74) is 4.60. The Morgan fingerprint density at radius 1 is 1.24 bits per heavy atom. The molecule has 2 aromatic heterocycles. The molecular weight excluding hydrogens is 438 g/mol. The van der Waals surface area contributed by atoms with Gasteiger partial charge in [-0.3, -0.25) is 15.1 Å². The third-order valence-corrected chi connectivity index (χ3v) is 6.42. The van der Waals surface area contributed by atoms with Crippen LogP contribution >= 0.6 is 12.2 Å². The molecule has 33 heavy (non-hydrogen) atoms. The second-order valence-corrected chi connectivity index (χ2v) is 8.48. The summed E-state index contributed by atoms with van der Waals surface area (Å²) in [6, 6.07) is 12.5. The minimum atomic E-state index is -0.391. The standard InChI is InChI=1S/C24H27N5O3S/c1-5-12-27-23(22(26-24(27)33)19-8-6-7-11-25-19)18-13-15(2)28(16(18)3)20-14-17(29(30)31)9-10-21(20)32-4/h6-11,13-14,22-23H,5,12H2,1-4H3,(H,26,33). The lowest BCUT2D eigenvalue weighted by Gasteiger charge is -2.28. The molecule has 1 saturated heterocycles. The molecule has 0 bridgehead atoms. The number of pyridine rings is 1. The van der Waals surface area contributed by atoms with Crippen molar-refractivity contribution >= 4 is 23.0 Å². The number of aromatic nitrogens is 2. The number of nitrogens with one attached hydrogen (secondary N) is 1. The van der Waals surface area contributed by atoms with Gasteiger partial charge in [0.1, 0.15) is 5.75 Å². The van der Waals surface area contributed by atoms with Gasteiger partial charge in [-0.2, -0.15) is 0 Å². The van der Waals surface area contributed by atoms with Gasteiger partial charge in [-0.15, -0.1) is 0 Å². The minimum absolute atomic E-state index is 0.0162. The van der Waals surface area contributed by atoms with Crippen LogP contribution in [0, 0.1) is 24.0 Å². The van der Waals surface area contributed by atoms with Gasteiger partial charge in [-0.25, -0.2) is 0 Å². The first-order valence-electron chi connectivity index (χ1n) is 10.9. The third-order valence-electron chi connectivity index (χ3n) is 6.07. The number of hydrogen-bond donors (Lipinski definition) is 1. The molecule has 2 unspecified atom stereocenters. The molecule has 1 aliphatic heterocycles. The Morgan fingerprint density at radius 2 is 2.03 bits per heavy atom. The molecular formula is C24H27N5O3S. The summed E-state index contributed by atoms with van der Waals surface area (Å²) in [6.45, 7) is 6.96. The van der Waals surface area contributed by atoms with E-state index in [1.165, 1.54) is 6.07 Å². The Kier molecular flexibility index (Phi) is 6.33. The largest absolute Gasteiger partial charge is 0.495 e. The first-order valence-corrected chi connectivity index (χ1v) is 11.3. The zero-order valence-electron chi connectivity index (χ0n) is 19.1. The quantitative estimate of drug-likeness (QED) is 0.305. The van der Waals surface area contributed by atoms with E-state index in [2.05, 4.69) is 28.2 Å². The maximum atomic E-state index is 11.4. The van der Waals surface area contributed by atoms with Crippen molar-refractivity contribution in [2.24, 2.45) is 0 Å². The molecule has 0 amide bonds. The predicted molar refractivity (Wildman–Crippen MR) is 131 cm³/mol. The van der Waals surface area contributed by atoms with E-state index < -0.39 is 4.92 Å². The van der Waals surface area contributed by atoms with Crippen molar-refractivity contribution in [1.82, 2.24) is 19.8 Å². The van der Waals surface area contributed by atoms with Gasteiger partial charge in [0.2, 0.25) is 0 Å². The van der Waals surface area contributed by atoms with Crippen molar-refractivity contribution in [3.63, 3.8) is 0 Å². The van der Waals surface area contributed by atoms with Crippen LogP contribution in [0.3, 0.4) is 0 Å². The van der Waals surface area contributed by atoms with Crippen LogP contribution in [-0.2, 0) is 0 Å². The summed E-state index contributed by atoms with van der Waals surface area (Å²) in [6.07, 6.45) is 2.74. The molecule has 9 heteroatoms. The molecule has 3 heterocycles. The van der Waals surface area contributed by atoms with Gasteiger partial charge in [0, 0.05) is 36.3 Å². The molecule has 2 atom stereocenters. The second kappa shape index (κ2) is 9.19. The van der Waals surface area contributed by atoms with Crippen molar-refractivity contribution in [3.05, 3.63) is 81.4 Å². The average Bonchev–Trinajstić information content (AvgIpc) is 3.29. The molecule has 1 fully saturated rings. The average molecular weight is 466 g/mol. The molecule has 4 rings (SSSR count). The van der Waals surface area contributed by atoms with Gasteiger partial charge in [0.05, 0.1) is 35.5 Å². The van der Waals surface area contributed by atoms with Crippen LogP contribution in [0.1, 0.15) is 48.1 Å². The number of methoxy groups -OCH3 is 1. The topological polar surface area (TPSA) is 85.5 Å². The zero-order valence-corrected chi connectivity index (χ0v) is 19.9. The fourth-order valence-electron chi connectivity index (χ4n) is 4.65. The van der Waals surface area contributed by atoms with Gasteiger partial charge < -0.3 is 19.5 Å². The lowest BCUT2D eigenvalue weighted by Crippen LogP contribution is -2.30. The number of ether oxygens (including phenoxy) is 1. The number of thiocarbonyl (C=S) groups is 1. The SMILES string of the molecule is CCCN1C(=S)NC(c2ccccn2)C1c1cc(C)n(-c2cc([N+](=O)[O-])ccc2OC)c1C. The molecule has 172 valence electrons. The van der Waals surface area contributed by atoms with Crippen molar-refractivity contribution < 1.29 is 9.66 Å². The number of aryl methyl sites for hydroxylation is 1. The van der Waals surface area contributed by atoms with E-state index in [9.17, 15) is 10.1 Å². The number of nitro benzene ring substituents is 1. The summed E-state index contributed by atoms with van der Waals surface area (Å²) in [5.74, 6) is 0.570. The van der Waals surface area contributed by atoms with E-state index in [4.69, 9.17) is 17.0 Å². The van der Waals surface area contributed by atoms with E-state index >= 15 is 0 Å². The van der Waals surface area contributed by atoms with Crippen molar-refractivity contribution in [2.75, 3.05) is 13.7 Å². The first-order chi connectivity index (χ1) is 15.9. The number of benzene rings is 1. The number of non-ortho nitro benzene ring substituents is 1. The molecule has 0 spiro atoms. The Bertz CT molecular complexity index is 1190. The summed E-state index contributed by atoms with van der Waals surface area (Å²) >= 11 is 5.71. The van der Waals surface area contributed by atoms with Crippen molar-refractivity contribution in [1.29, 1.82) is 0 Å². The van der Waals surface area contributed by atoms with Gasteiger partial charge in [0.25, 0.3) is 5.69 Å². The highest BCUT2D eigenvalue weighted by Crippen LogP contribution is 2.42. The fourth-order valence-corrected chi connectivity index (χ4v) is 4.98. The number of rotatable bonds is 7. The summed E-state index contributed by atoms with van der Waals surface area (Å²) in [4.78, 5) is 17.9. The van der Waals surface area contributed by atoms with E-state index in [1.54, 1.807) is 25.4 Å². The molecule has 0 radical (unpaired) electrons. The molecule has 0 aliphatic carbocycles. The van der Waals surface area contributed by atoms with Crippen LogP contribution < -0.4 is 10.1 Å². The van der Waals surface area contributed by atoms with Crippen LogP contribution in [0.4, 0.5) is 5.69 Å². The summed E-state index contributed by atoms with van der Waals surface area (Å²) in [7, 11) is 1.57. The van der Waals surface area contributed by atoms with Gasteiger partial charge >= 0.3 is 0 Å². The van der Waals surface area contributed by atoms with E-state index in [-0.39, 0.29) is 17.8 Å². The molecule has 3 aromatic rings. The zero-order chi connectivity index (χ0) is 23.7. The van der Waals surface area contributed by atoms with Crippen molar-refractivity contribution in [3.8, 4) is 11.4 Å². The molecule has 1 N–H and O–H groups in total.